The van der Waals surface area contributed by atoms with Gasteiger partial charge in [0.25, 0.3) is 11.6 Å². The van der Waals surface area contributed by atoms with Crippen LogP contribution in [0.2, 0.25) is 0 Å². The number of anilines is 1. The Hall–Kier alpha value is -3.02. The van der Waals surface area contributed by atoms with Crippen LogP contribution in [0.5, 0.6) is 0 Å². The molecule has 9 heteroatoms. The summed E-state index contributed by atoms with van der Waals surface area (Å²) in [5.74, 6) is -2.65. The number of hydrogen-bond donors (Lipinski definition) is 1. The van der Waals surface area contributed by atoms with Gasteiger partial charge in [-0.05, 0) is 11.5 Å². The molecule has 136 valence electrons. The highest BCUT2D eigenvalue weighted by Crippen LogP contribution is 2.36. The molecular formula is C17H9F6NO2. The summed E-state index contributed by atoms with van der Waals surface area (Å²) in [4.78, 5) is 23.4. The number of alkyl halides is 6. The van der Waals surface area contributed by atoms with Crippen molar-refractivity contribution < 1.29 is 35.9 Å². The molecule has 0 heterocycles. The van der Waals surface area contributed by atoms with Gasteiger partial charge in [-0.2, -0.15) is 26.3 Å². The number of Topliss-reactive ketones (excluding diaryl/α,β-unsaturated/α-hetero) is 2. The molecule has 2 aromatic carbocycles. The van der Waals surface area contributed by atoms with Gasteiger partial charge in [0, 0.05) is 10.9 Å². The lowest BCUT2D eigenvalue weighted by molar-refractivity contribution is -0.0886. The summed E-state index contributed by atoms with van der Waals surface area (Å²) in [6.07, 6.45) is -5.63. The van der Waals surface area contributed by atoms with Gasteiger partial charge in [0.15, 0.2) is 0 Å². The zero-order chi connectivity index (χ0) is 19.7. The molecule has 0 aliphatic rings. The van der Waals surface area contributed by atoms with Crippen molar-refractivity contribution in [3.05, 3.63) is 41.5 Å². The summed E-state index contributed by atoms with van der Waals surface area (Å²) in [7, 11) is 0. The van der Waals surface area contributed by atoms with Gasteiger partial charge < -0.3 is 5.32 Å². The predicted molar refractivity (Wildman–Crippen MR) is 82.0 cm³/mol. The molecule has 0 saturated heterocycles. The number of fused-ring (bicyclic) bond motifs is 1. The van der Waals surface area contributed by atoms with Crippen molar-refractivity contribution in [1.29, 1.82) is 0 Å². The van der Waals surface area contributed by atoms with E-state index in [0.29, 0.717) is 6.07 Å². The van der Waals surface area contributed by atoms with Gasteiger partial charge in [-0.1, -0.05) is 30.2 Å². The largest absolute Gasteiger partial charge is 0.454 e. The number of ketones is 2. The molecule has 0 saturated carbocycles. The molecule has 0 aliphatic carbocycles. The maximum absolute atomic E-state index is 12.9. The fourth-order valence-electron chi connectivity index (χ4n) is 2.38. The Balaban J connectivity index is 2.89. The van der Waals surface area contributed by atoms with Crippen molar-refractivity contribution in [3.8, 4) is 12.3 Å². The van der Waals surface area contributed by atoms with Crippen molar-refractivity contribution in [2.45, 2.75) is 12.4 Å². The Bertz CT molecular complexity index is 922. The first kappa shape index (κ1) is 19.3. The van der Waals surface area contributed by atoms with Crippen LogP contribution in [0.3, 0.4) is 0 Å². The predicted octanol–water partition coefficient (Wildman–Crippen LogP) is 4.37. The van der Waals surface area contributed by atoms with Crippen molar-refractivity contribution >= 4 is 28.0 Å². The number of hydrogen-bond acceptors (Lipinski definition) is 3. The summed E-state index contributed by atoms with van der Waals surface area (Å²) in [6, 6.07) is 5.28. The minimum Gasteiger partial charge on any atom is -0.373 e. The smallest absolute Gasteiger partial charge is 0.373 e. The summed E-state index contributed by atoms with van der Waals surface area (Å²) in [5.41, 5.74) is -2.55. The molecular weight excluding hydrogens is 364 g/mol. The van der Waals surface area contributed by atoms with Gasteiger partial charge in [-0.3, -0.25) is 9.59 Å². The van der Waals surface area contributed by atoms with E-state index in [-0.39, 0.29) is 23.0 Å². The summed E-state index contributed by atoms with van der Waals surface area (Å²) >= 11 is 0. The first-order chi connectivity index (χ1) is 12.0. The molecule has 2 aromatic rings. The van der Waals surface area contributed by atoms with Crippen LogP contribution in [0.25, 0.3) is 10.8 Å². The third kappa shape index (κ3) is 3.64. The molecule has 2 rings (SSSR count). The van der Waals surface area contributed by atoms with Crippen molar-refractivity contribution in [1.82, 2.24) is 0 Å². The Morgan fingerprint density at radius 3 is 1.92 bits per heavy atom. The molecule has 0 aliphatic heterocycles. The van der Waals surface area contributed by atoms with Crippen LogP contribution in [0.15, 0.2) is 30.3 Å². The molecule has 0 unspecified atom stereocenters. The number of rotatable bonds is 4. The number of terminal acetylenes is 1. The van der Waals surface area contributed by atoms with Gasteiger partial charge in [-0.15, -0.1) is 6.42 Å². The van der Waals surface area contributed by atoms with E-state index in [2.05, 4.69) is 11.2 Å². The number of benzene rings is 2. The molecule has 0 fully saturated rings. The fraction of sp³-hybridized carbons (Fsp3) is 0.176. The quantitative estimate of drug-likeness (QED) is 0.492. The third-order valence-corrected chi connectivity index (χ3v) is 3.42. The van der Waals surface area contributed by atoms with E-state index in [1.165, 1.54) is 18.2 Å². The Morgan fingerprint density at radius 1 is 0.923 bits per heavy atom. The third-order valence-electron chi connectivity index (χ3n) is 3.42. The van der Waals surface area contributed by atoms with Crippen LogP contribution in [0.4, 0.5) is 32.0 Å². The molecule has 0 amide bonds. The molecule has 1 N–H and O–H groups in total. The normalized spacial score (nSPS) is 11.9. The zero-order valence-corrected chi connectivity index (χ0v) is 12.8. The van der Waals surface area contributed by atoms with E-state index in [0.717, 1.165) is 6.07 Å². The van der Waals surface area contributed by atoms with E-state index in [9.17, 15) is 35.9 Å². The molecule has 0 bridgehead atoms. The fourth-order valence-corrected chi connectivity index (χ4v) is 2.38. The Morgan fingerprint density at radius 2 is 1.42 bits per heavy atom. The second kappa shape index (κ2) is 6.71. The van der Waals surface area contributed by atoms with Crippen LogP contribution in [0.1, 0.15) is 20.7 Å². The van der Waals surface area contributed by atoms with Crippen LogP contribution < -0.4 is 5.32 Å². The molecule has 3 nitrogen and oxygen atoms in total. The number of carbonyl (C=O) groups is 2. The van der Waals surface area contributed by atoms with Gasteiger partial charge >= 0.3 is 12.4 Å². The molecule has 26 heavy (non-hydrogen) atoms. The van der Waals surface area contributed by atoms with E-state index in [1.54, 1.807) is 0 Å². The topological polar surface area (TPSA) is 46.2 Å². The maximum atomic E-state index is 12.9. The van der Waals surface area contributed by atoms with E-state index in [1.807, 2.05) is 0 Å². The first-order valence-corrected chi connectivity index (χ1v) is 6.94. The van der Waals surface area contributed by atoms with Crippen molar-refractivity contribution in [3.63, 3.8) is 0 Å². The lowest BCUT2D eigenvalue weighted by atomic mass is 9.93. The summed E-state index contributed by atoms with van der Waals surface area (Å²) < 4.78 is 77.1. The van der Waals surface area contributed by atoms with Crippen LogP contribution in [-0.2, 0) is 0 Å². The maximum Gasteiger partial charge on any atom is 0.454 e. The van der Waals surface area contributed by atoms with E-state index < -0.39 is 35.0 Å². The minimum atomic E-state index is -5.35. The zero-order valence-electron chi connectivity index (χ0n) is 12.8. The molecule has 0 aromatic heterocycles. The summed E-state index contributed by atoms with van der Waals surface area (Å²) in [6.45, 7) is -0.283. The highest BCUT2D eigenvalue weighted by molar-refractivity contribution is 6.19. The number of nitrogens with one attached hydrogen (secondary N) is 1. The molecule has 0 spiro atoms. The summed E-state index contributed by atoms with van der Waals surface area (Å²) in [5, 5.41) is 2.00. The van der Waals surface area contributed by atoms with E-state index in [4.69, 9.17) is 6.42 Å². The van der Waals surface area contributed by atoms with Crippen LogP contribution >= 0.6 is 0 Å². The average Bonchev–Trinajstić information content (AvgIpc) is 2.56. The Kier molecular flexibility index (Phi) is 4.98. The number of carbonyl (C=O) groups excluding carboxylic acids is 2. The van der Waals surface area contributed by atoms with Crippen LogP contribution in [0, 0.1) is 12.3 Å². The van der Waals surface area contributed by atoms with Gasteiger partial charge in [-0.25, -0.2) is 0 Å². The minimum absolute atomic E-state index is 0.162. The number of halogens is 6. The highest BCUT2D eigenvalue weighted by atomic mass is 19.4. The van der Waals surface area contributed by atoms with Crippen LogP contribution in [-0.4, -0.2) is 30.5 Å². The standard InChI is InChI=1S/C17H9F6NO2/c1-2-7-24-13-10-6-4-3-5-9(10)11(14(25)16(18,19)20)8-12(13)15(26)17(21,22)23/h1,3-6,8,24H,7H2. The SMILES string of the molecule is C#CCNc1c(C(=O)C(F)(F)F)cc(C(=O)C(F)(F)F)c2ccccc12. The second-order valence-corrected chi connectivity index (χ2v) is 5.10. The van der Waals surface area contributed by atoms with Gasteiger partial charge in [0.2, 0.25) is 0 Å². The Labute approximate surface area is 143 Å². The second-order valence-electron chi connectivity index (χ2n) is 5.10. The molecule has 0 radical (unpaired) electrons. The van der Waals surface area contributed by atoms with Crippen molar-refractivity contribution in [2.75, 3.05) is 11.9 Å². The lowest BCUT2D eigenvalue weighted by Crippen LogP contribution is -2.27. The molecule has 0 atom stereocenters. The average molecular weight is 373 g/mol. The lowest BCUT2D eigenvalue weighted by Gasteiger charge is -2.17. The van der Waals surface area contributed by atoms with Gasteiger partial charge in [0.05, 0.1) is 17.8 Å². The first-order valence-electron chi connectivity index (χ1n) is 6.94. The van der Waals surface area contributed by atoms with E-state index >= 15 is 0 Å². The van der Waals surface area contributed by atoms with Gasteiger partial charge in [0.1, 0.15) is 0 Å². The monoisotopic (exact) mass is 373 g/mol. The highest BCUT2D eigenvalue weighted by Gasteiger charge is 2.44. The van der Waals surface area contributed by atoms with Crippen molar-refractivity contribution in [2.24, 2.45) is 0 Å².